The van der Waals surface area contributed by atoms with Gasteiger partial charge in [0.1, 0.15) is 5.54 Å². The molecule has 3 amide bonds. The molecule has 0 unspecified atom stereocenters. The molecule has 30 heavy (non-hydrogen) atoms. The molecule has 1 spiro atoms. The van der Waals surface area contributed by atoms with Crippen molar-refractivity contribution in [2.24, 2.45) is 11.8 Å². The molecule has 1 N–H and O–H groups in total. The number of para-hydroxylation sites is 2. The number of hydrogen-bond acceptors (Lipinski definition) is 4. The largest absolute Gasteiger partial charge is 0.310 e. The number of amides is 3. The fraction of sp³-hybridized carbons (Fsp3) is 0.348. The minimum absolute atomic E-state index is 0.177. The zero-order valence-electron chi connectivity index (χ0n) is 16.5. The highest BCUT2D eigenvalue weighted by atomic mass is 35.5. The highest BCUT2D eigenvalue weighted by Gasteiger charge is 2.70. The van der Waals surface area contributed by atoms with Gasteiger partial charge < -0.3 is 4.90 Å². The van der Waals surface area contributed by atoms with Gasteiger partial charge in [0.05, 0.1) is 17.5 Å². The number of benzene rings is 2. The fourth-order valence-corrected chi connectivity index (χ4v) is 5.50. The van der Waals surface area contributed by atoms with Crippen LogP contribution in [0.3, 0.4) is 0 Å². The third-order valence-electron chi connectivity index (χ3n) is 6.54. The van der Waals surface area contributed by atoms with E-state index in [0.29, 0.717) is 24.5 Å². The first-order valence-corrected chi connectivity index (χ1v) is 10.7. The summed E-state index contributed by atoms with van der Waals surface area (Å²) in [5.41, 5.74) is 0.858. The molecular formula is C23H22ClN3O3. The molecule has 2 saturated heterocycles. The summed E-state index contributed by atoms with van der Waals surface area (Å²) in [5.74, 6) is -1.69. The van der Waals surface area contributed by atoms with Crippen molar-refractivity contribution in [2.75, 3.05) is 22.2 Å². The van der Waals surface area contributed by atoms with Crippen molar-refractivity contribution in [1.29, 1.82) is 0 Å². The molecule has 0 bridgehead atoms. The van der Waals surface area contributed by atoms with Crippen LogP contribution in [0.1, 0.15) is 18.9 Å². The Balaban J connectivity index is 1.64. The number of rotatable bonds is 4. The number of nitrogens with one attached hydrogen (secondary N) is 1. The van der Waals surface area contributed by atoms with E-state index in [-0.39, 0.29) is 23.8 Å². The van der Waals surface area contributed by atoms with Crippen LogP contribution in [0.2, 0.25) is 0 Å². The third kappa shape index (κ3) is 2.38. The average molecular weight is 424 g/mol. The van der Waals surface area contributed by atoms with Crippen LogP contribution in [-0.4, -0.2) is 36.2 Å². The SMILES string of the molecule is C[C@@H]1N[C@]2(C(=O)N(CCCCl)c3ccccc32)[C@H]2C(=O)N(c3ccccc3)C(=O)[C@H]12. The Bertz CT molecular complexity index is 1040. The van der Waals surface area contributed by atoms with Crippen LogP contribution in [0.5, 0.6) is 0 Å². The Morgan fingerprint density at radius 1 is 1.00 bits per heavy atom. The highest BCUT2D eigenvalue weighted by molar-refractivity contribution is 6.26. The van der Waals surface area contributed by atoms with Gasteiger partial charge in [-0.1, -0.05) is 36.4 Å². The summed E-state index contributed by atoms with van der Waals surface area (Å²) < 4.78 is 0. The molecule has 154 valence electrons. The Hall–Kier alpha value is -2.70. The molecule has 4 atom stereocenters. The van der Waals surface area contributed by atoms with E-state index >= 15 is 0 Å². The number of alkyl halides is 1. The van der Waals surface area contributed by atoms with Crippen LogP contribution in [0, 0.1) is 11.8 Å². The number of imide groups is 1. The van der Waals surface area contributed by atoms with Crippen molar-refractivity contribution in [3.63, 3.8) is 0 Å². The highest BCUT2D eigenvalue weighted by Crippen LogP contribution is 2.54. The first-order chi connectivity index (χ1) is 14.5. The lowest BCUT2D eigenvalue weighted by Crippen LogP contribution is -2.55. The van der Waals surface area contributed by atoms with E-state index in [9.17, 15) is 14.4 Å². The van der Waals surface area contributed by atoms with Crippen molar-refractivity contribution in [3.05, 3.63) is 60.2 Å². The molecule has 2 fully saturated rings. The number of carbonyl (C=O) groups excluding carboxylic acids is 3. The minimum Gasteiger partial charge on any atom is -0.310 e. The van der Waals surface area contributed by atoms with E-state index in [2.05, 4.69) is 5.32 Å². The predicted octanol–water partition coefficient (Wildman–Crippen LogP) is 2.65. The molecular weight excluding hydrogens is 402 g/mol. The number of carbonyl (C=O) groups is 3. The van der Waals surface area contributed by atoms with E-state index < -0.39 is 17.4 Å². The summed E-state index contributed by atoms with van der Waals surface area (Å²) in [6.45, 7) is 2.35. The number of anilines is 2. The lowest BCUT2D eigenvalue weighted by Gasteiger charge is -2.30. The second kappa shape index (κ2) is 6.93. The number of nitrogens with zero attached hydrogens (tertiary/aromatic N) is 2. The second-order valence-electron chi connectivity index (χ2n) is 8.11. The molecule has 2 aromatic rings. The van der Waals surface area contributed by atoms with Crippen molar-refractivity contribution >= 4 is 40.7 Å². The zero-order chi connectivity index (χ0) is 21.0. The van der Waals surface area contributed by atoms with E-state index in [1.165, 1.54) is 4.90 Å². The van der Waals surface area contributed by atoms with Crippen molar-refractivity contribution in [1.82, 2.24) is 5.32 Å². The van der Waals surface area contributed by atoms with Crippen LogP contribution in [0.15, 0.2) is 54.6 Å². The average Bonchev–Trinajstić information content (AvgIpc) is 3.30. The molecule has 0 aliphatic carbocycles. The Morgan fingerprint density at radius 2 is 1.70 bits per heavy atom. The van der Waals surface area contributed by atoms with E-state index in [1.54, 1.807) is 29.2 Å². The van der Waals surface area contributed by atoms with Crippen LogP contribution in [0.4, 0.5) is 11.4 Å². The summed E-state index contributed by atoms with van der Waals surface area (Å²) in [6.07, 6.45) is 0.643. The van der Waals surface area contributed by atoms with Gasteiger partial charge in [-0.2, -0.15) is 0 Å². The normalized spacial score (nSPS) is 29.8. The summed E-state index contributed by atoms with van der Waals surface area (Å²) in [4.78, 5) is 43.8. The second-order valence-corrected chi connectivity index (χ2v) is 8.49. The Labute approximate surface area is 179 Å². The maximum atomic E-state index is 13.8. The molecule has 0 aromatic heterocycles. The molecule has 3 aliphatic rings. The number of fused-ring (bicyclic) bond motifs is 4. The topological polar surface area (TPSA) is 69.7 Å². The Kier molecular flexibility index (Phi) is 4.45. The van der Waals surface area contributed by atoms with Gasteiger partial charge in [-0.3, -0.25) is 19.7 Å². The van der Waals surface area contributed by atoms with E-state index in [4.69, 9.17) is 11.6 Å². The molecule has 3 aliphatic heterocycles. The third-order valence-corrected chi connectivity index (χ3v) is 6.81. The quantitative estimate of drug-likeness (QED) is 0.606. The molecule has 0 saturated carbocycles. The van der Waals surface area contributed by atoms with Crippen molar-refractivity contribution in [3.8, 4) is 0 Å². The molecule has 3 heterocycles. The molecule has 6 nitrogen and oxygen atoms in total. The monoisotopic (exact) mass is 423 g/mol. The lowest BCUT2D eigenvalue weighted by molar-refractivity contribution is -0.132. The van der Waals surface area contributed by atoms with Crippen LogP contribution in [-0.2, 0) is 19.9 Å². The lowest BCUT2D eigenvalue weighted by atomic mass is 9.76. The predicted molar refractivity (Wildman–Crippen MR) is 114 cm³/mol. The Morgan fingerprint density at radius 3 is 2.43 bits per heavy atom. The summed E-state index contributed by atoms with van der Waals surface area (Å²) >= 11 is 5.89. The molecule has 5 rings (SSSR count). The van der Waals surface area contributed by atoms with E-state index in [1.807, 2.05) is 37.3 Å². The summed E-state index contributed by atoms with van der Waals surface area (Å²) in [5, 5.41) is 3.38. The van der Waals surface area contributed by atoms with Gasteiger partial charge in [-0.15, -0.1) is 11.6 Å². The van der Waals surface area contributed by atoms with Crippen molar-refractivity contribution < 1.29 is 14.4 Å². The van der Waals surface area contributed by atoms with Gasteiger partial charge in [-0.25, -0.2) is 4.90 Å². The zero-order valence-corrected chi connectivity index (χ0v) is 17.3. The number of halogens is 1. The van der Waals surface area contributed by atoms with Crippen LogP contribution >= 0.6 is 11.6 Å². The maximum Gasteiger partial charge on any atom is 0.252 e. The minimum atomic E-state index is -1.23. The van der Waals surface area contributed by atoms with Gasteiger partial charge in [0.25, 0.3) is 5.91 Å². The summed E-state index contributed by atoms with van der Waals surface area (Å²) in [7, 11) is 0. The molecule has 2 aromatic carbocycles. The fourth-order valence-electron chi connectivity index (χ4n) is 5.38. The van der Waals surface area contributed by atoms with Gasteiger partial charge in [0.2, 0.25) is 11.8 Å². The first kappa shape index (κ1) is 19.3. The number of hydrogen-bond donors (Lipinski definition) is 1. The molecule has 0 radical (unpaired) electrons. The first-order valence-electron chi connectivity index (χ1n) is 10.2. The standard InChI is InChI=1S/C23H22ClN3O3/c1-14-18-19(21(29)27(20(18)28)15-8-3-2-4-9-15)23(25-14)16-10-5-6-11-17(16)26(22(23)30)13-7-12-24/h2-6,8-11,14,18-19,25H,7,12-13H2,1H3/t14-,18+,19+,23-/m0/s1. The van der Waals surface area contributed by atoms with Gasteiger partial charge in [-0.05, 0) is 31.5 Å². The smallest absolute Gasteiger partial charge is 0.252 e. The van der Waals surface area contributed by atoms with Crippen LogP contribution in [0.25, 0.3) is 0 Å². The van der Waals surface area contributed by atoms with Crippen molar-refractivity contribution in [2.45, 2.75) is 24.9 Å². The van der Waals surface area contributed by atoms with Gasteiger partial charge in [0.15, 0.2) is 0 Å². The van der Waals surface area contributed by atoms with E-state index in [0.717, 1.165) is 11.3 Å². The van der Waals surface area contributed by atoms with Gasteiger partial charge >= 0.3 is 0 Å². The summed E-state index contributed by atoms with van der Waals surface area (Å²) in [6, 6.07) is 16.2. The molecule has 7 heteroatoms. The maximum absolute atomic E-state index is 13.8. The van der Waals surface area contributed by atoms with Crippen LogP contribution < -0.4 is 15.1 Å². The van der Waals surface area contributed by atoms with Gasteiger partial charge in [0, 0.05) is 29.7 Å².